The van der Waals surface area contributed by atoms with Gasteiger partial charge < -0.3 is 19.3 Å². The molecule has 0 unspecified atom stereocenters. The summed E-state index contributed by atoms with van der Waals surface area (Å²) in [7, 11) is 2.16. The minimum atomic E-state index is -0.234. The molecular weight excluding hydrogens is 330 g/mol. The van der Waals surface area contributed by atoms with Gasteiger partial charge in [-0.2, -0.15) is 0 Å². The van der Waals surface area contributed by atoms with E-state index in [4.69, 9.17) is 9.47 Å². The molecule has 0 aliphatic carbocycles. The molecule has 3 heterocycles. The van der Waals surface area contributed by atoms with Crippen molar-refractivity contribution in [2.24, 2.45) is 5.92 Å². The number of piperidine rings is 1. The molecule has 3 aliphatic rings. The molecule has 0 bridgehead atoms. The van der Waals surface area contributed by atoms with Crippen LogP contribution in [0.5, 0.6) is 0 Å². The third kappa shape index (κ3) is 5.11. The minimum absolute atomic E-state index is 0.101. The van der Waals surface area contributed by atoms with Crippen LogP contribution in [0.3, 0.4) is 0 Å². The van der Waals surface area contributed by atoms with Crippen molar-refractivity contribution in [3.8, 4) is 0 Å². The molecule has 6 nitrogen and oxygen atoms in total. The Balaban J connectivity index is 1.41. The SMILES string of the molecule is CC(C)CN(C)CCCN1CC2(CCN(C3CCOCC3)CC2)OC1=O. The molecule has 0 radical (unpaired) electrons. The van der Waals surface area contributed by atoms with Gasteiger partial charge in [-0.05, 0) is 38.8 Å². The lowest BCUT2D eigenvalue weighted by molar-refractivity contribution is -0.0303. The second-order valence-electron chi connectivity index (χ2n) is 8.86. The zero-order chi connectivity index (χ0) is 18.6. The van der Waals surface area contributed by atoms with Gasteiger partial charge in [0.25, 0.3) is 0 Å². The van der Waals surface area contributed by atoms with Crippen molar-refractivity contribution < 1.29 is 14.3 Å². The molecule has 0 N–H and O–H groups in total. The Morgan fingerprint density at radius 1 is 1.23 bits per heavy atom. The van der Waals surface area contributed by atoms with Crippen molar-refractivity contribution in [1.82, 2.24) is 14.7 Å². The molecule has 3 rings (SSSR count). The topological polar surface area (TPSA) is 45.2 Å². The Hall–Kier alpha value is -0.850. The highest BCUT2D eigenvalue weighted by Crippen LogP contribution is 2.34. The van der Waals surface area contributed by atoms with Crippen LogP contribution in [0.25, 0.3) is 0 Å². The molecule has 3 fully saturated rings. The number of nitrogens with zero attached hydrogens (tertiary/aromatic N) is 3. The smallest absolute Gasteiger partial charge is 0.410 e. The molecular formula is C20H37N3O3. The summed E-state index contributed by atoms with van der Waals surface area (Å²) in [6.07, 6.45) is 5.14. The molecule has 3 saturated heterocycles. The second-order valence-corrected chi connectivity index (χ2v) is 8.86. The van der Waals surface area contributed by atoms with E-state index in [0.717, 1.165) is 84.6 Å². The van der Waals surface area contributed by atoms with Gasteiger partial charge in [-0.25, -0.2) is 4.79 Å². The summed E-state index contributed by atoms with van der Waals surface area (Å²) in [5.41, 5.74) is -0.234. The first kappa shape index (κ1) is 19.9. The molecule has 150 valence electrons. The Morgan fingerprint density at radius 3 is 2.58 bits per heavy atom. The number of hydrogen-bond donors (Lipinski definition) is 0. The van der Waals surface area contributed by atoms with Crippen LogP contribution in [-0.2, 0) is 9.47 Å². The Labute approximate surface area is 158 Å². The molecule has 0 saturated carbocycles. The average Bonchev–Trinajstić information content (AvgIpc) is 2.91. The molecule has 0 aromatic carbocycles. The monoisotopic (exact) mass is 367 g/mol. The maximum absolute atomic E-state index is 12.3. The normalized spacial score (nSPS) is 24.8. The summed E-state index contributed by atoms with van der Waals surface area (Å²) in [6.45, 7) is 12.1. The van der Waals surface area contributed by atoms with Crippen molar-refractivity contribution in [3.05, 3.63) is 0 Å². The second kappa shape index (κ2) is 8.89. The molecule has 0 atom stereocenters. The van der Waals surface area contributed by atoms with Crippen LogP contribution in [0.1, 0.15) is 46.0 Å². The van der Waals surface area contributed by atoms with E-state index in [-0.39, 0.29) is 11.7 Å². The average molecular weight is 368 g/mol. The molecule has 26 heavy (non-hydrogen) atoms. The highest BCUT2D eigenvalue weighted by Gasteiger charge is 2.47. The van der Waals surface area contributed by atoms with Crippen molar-refractivity contribution in [1.29, 1.82) is 0 Å². The van der Waals surface area contributed by atoms with Gasteiger partial charge in [-0.15, -0.1) is 0 Å². The van der Waals surface area contributed by atoms with E-state index in [0.29, 0.717) is 12.0 Å². The lowest BCUT2D eigenvalue weighted by Crippen LogP contribution is -2.51. The number of rotatable bonds is 7. The Morgan fingerprint density at radius 2 is 1.92 bits per heavy atom. The number of carbonyl (C=O) groups excluding carboxylic acids is 1. The van der Waals surface area contributed by atoms with Crippen LogP contribution in [0.2, 0.25) is 0 Å². The first-order valence-corrected chi connectivity index (χ1v) is 10.5. The fraction of sp³-hybridized carbons (Fsp3) is 0.950. The molecule has 3 aliphatic heterocycles. The van der Waals surface area contributed by atoms with Gasteiger partial charge in [0, 0.05) is 58.3 Å². The van der Waals surface area contributed by atoms with E-state index < -0.39 is 0 Å². The molecule has 0 aromatic rings. The van der Waals surface area contributed by atoms with Crippen molar-refractivity contribution in [3.63, 3.8) is 0 Å². The number of amides is 1. The van der Waals surface area contributed by atoms with Crippen LogP contribution in [0.15, 0.2) is 0 Å². The summed E-state index contributed by atoms with van der Waals surface area (Å²) < 4.78 is 11.4. The summed E-state index contributed by atoms with van der Waals surface area (Å²) in [4.78, 5) is 19.2. The van der Waals surface area contributed by atoms with Crippen LogP contribution in [0.4, 0.5) is 4.79 Å². The summed E-state index contributed by atoms with van der Waals surface area (Å²) >= 11 is 0. The van der Waals surface area contributed by atoms with Crippen molar-refractivity contribution in [2.45, 2.75) is 57.6 Å². The van der Waals surface area contributed by atoms with E-state index in [1.807, 2.05) is 4.90 Å². The van der Waals surface area contributed by atoms with Gasteiger partial charge in [0.1, 0.15) is 5.60 Å². The van der Waals surface area contributed by atoms with Crippen LogP contribution >= 0.6 is 0 Å². The summed E-state index contributed by atoms with van der Waals surface area (Å²) in [5.74, 6) is 0.681. The minimum Gasteiger partial charge on any atom is -0.441 e. The third-order valence-corrected chi connectivity index (χ3v) is 6.10. The maximum Gasteiger partial charge on any atom is 0.410 e. The Bertz CT molecular complexity index is 457. The molecule has 6 heteroatoms. The first-order valence-electron chi connectivity index (χ1n) is 10.5. The predicted molar refractivity (Wildman–Crippen MR) is 102 cm³/mol. The van der Waals surface area contributed by atoms with E-state index in [1.165, 1.54) is 0 Å². The van der Waals surface area contributed by atoms with Crippen molar-refractivity contribution >= 4 is 6.09 Å². The quantitative estimate of drug-likeness (QED) is 0.692. The van der Waals surface area contributed by atoms with Gasteiger partial charge in [-0.1, -0.05) is 13.8 Å². The van der Waals surface area contributed by atoms with Crippen LogP contribution < -0.4 is 0 Å². The van der Waals surface area contributed by atoms with E-state index in [1.54, 1.807) is 0 Å². The Kier molecular flexibility index (Phi) is 6.81. The maximum atomic E-state index is 12.3. The number of ether oxygens (including phenoxy) is 2. The van der Waals surface area contributed by atoms with E-state index in [9.17, 15) is 4.79 Å². The number of likely N-dealkylation sites (tertiary alicyclic amines) is 1. The van der Waals surface area contributed by atoms with E-state index in [2.05, 4.69) is 30.7 Å². The molecule has 1 spiro atoms. The summed E-state index contributed by atoms with van der Waals surface area (Å²) in [5, 5.41) is 0. The first-order chi connectivity index (χ1) is 12.5. The molecule has 1 amide bonds. The zero-order valence-electron chi connectivity index (χ0n) is 16.9. The predicted octanol–water partition coefficient (Wildman–Crippen LogP) is 2.43. The number of hydrogen-bond acceptors (Lipinski definition) is 5. The van der Waals surface area contributed by atoms with Gasteiger partial charge >= 0.3 is 6.09 Å². The fourth-order valence-electron chi connectivity index (χ4n) is 4.72. The van der Waals surface area contributed by atoms with Gasteiger partial charge in [0.15, 0.2) is 0 Å². The van der Waals surface area contributed by atoms with Gasteiger partial charge in [0.2, 0.25) is 0 Å². The third-order valence-electron chi connectivity index (χ3n) is 6.10. The highest BCUT2D eigenvalue weighted by molar-refractivity contribution is 5.70. The highest BCUT2D eigenvalue weighted by atomic mass is 16.6. The van der Waals surface area contributed by atoms with Gasteiger partial charge in [-0.3, -0.25) is 4.90 Å². The largest absolute Gasteiger partial charge is 0.441 e. The van der Waals surface area contributed by atoms with Crippen LogP contribution in [0, 0.1) is 5.92 Å². The number of carbonyl (C=O) groups is 1. The zero-order valence-corrected chi connectivity index (χ0v) is 16.9. The van der Waals surface area contributed by atoms with Crippen molar-refractivity contribution in [2.75, 3.05) is 59.5 Å². The van der Waals surface area contributed by atoms with Crippen LogP contribution in [-0.4, -0.2) is 92.0 Å². The van der Waals surface area contributed by atoms with Gasteiger partial charge in [0.05, 0.1) is 6.54 Å². The molecule has 0 aromatic heterocycles. The lowest BCUT2D eigenvalue weighted by Gasteiger charge is -2.42. The summed E-state index contributed by atoms with van der Waals surface area (Å²) in [6, 6.07) is 0.658. The fourth-order valence-corrected chi connectivity index (χ4v) is 4.72. The van der Waals surface area contributed by atoms with E-state index >= 15 is 0 Å². The lowest BCUT2D eigenvalue weighted by atomic mass is 9.89. The standard InChI is InChI=1S/C20H37N3O3/c1-17(2)15-21(3)9-4-10-23-16-20(26-19(23)24)7-11-22(12-8-20)18-5-13-25-14-6-18/h17-18H,4-16H2,1-3H3.